The molecule has 19 heavy (non-hydrogen) atoms. The smallest absolute Gasteiger partial charge is 0.226 e. The van der Waals surface area contributed by atoms with Gasteiger partial charge in [-0.1, -0.05) is 18.2 Å². The predicted octanol–water partition coefficient (Wildman–Crippen LogP) is 1.13. The molecule has 102 valence electrons. The van der Waals surface area contributed by atoms with Crippen molar-refractivity contribution in [3.8, 4) is 5.75 Å². The molecule has 2 atom stereocenters. The van der Waals surface area contributed by atoms with Crippen LogP contribution in [0.2, 0.25) is 0 Å². The Morgan fingerprint density at radius 3 is 2.58 bits per heavy atom. The topological polar surface area (TPSA) is 41.6 Å². The molecule has 0 aromatic heterocycles. The van der Waals surface area contributed by atoms with E-state index in [0.717, 1.165) is 31.9 Å². The Hall–Kier alpha value is -1.55. The van der Waals surface area contributed by atoms with E-state index in [4.69, 9.17) is 4.74 Å². The first-order chi connectivity index (χ1) is 9.33. The van der Waals surface area contributed by atoms with Crippen molar-refractivity contribution in [1.29, 1.82) is 0 Å². The second-order valence-electron chi connectivity index (χ2n) is 5.39. The summed E-state index contributed by atoms with van der Waals surface area (Å²) in [5, 5.41) is 3.39. The maximum Gasteiger partial charge on any atom is 0.226 e. The fraction of sp³-hybridized carbons (Fsp3) is 0.533. The Labute approximate surface area is 113 Å². The van der Waals surface area contributed by atoms with Crippen LogP contribution < -0.4 is 10.1 Å². The van der Waals surface area contributed by atoms with Gasteiger partial charge in [-0.2, -0.15) is 0 Å². The summed E-state index contributed by atoms with van der Waals surface area (Å²) in [6.07, 6.45) is 0.474. The SMILES string of the molecule is O=C(CCOc1ccccc1)N1C[C@H]2CNC[C@H]2C1. The largest absolute Gasteiger partial charge is 0.493 e. The maximum absolute atomic E-state index is 12.1. The average molecular weight is 260 g/mol. The summed E-state index contributed by atoms with van der Waals surface area (Å²) < 4.78 is 5.57. The molecule has 0 aliphatic carbocycles. The number of carbonyl (C=O) groups excluding carboxylic acids is 1. The van der Waals surface area contributed by atoms with Gasteiger partial charge in [0.25, 0.3) is 0 Å². The Kier molecular flexibility index (Phi) is 3.69. The monoisotopic (exact) mass is 260 g/mol. The first kappa shape index (κ1) is 12.5. The zero-order valence-corrected chi connectivity index (χ0v) is 11.0. The highest BCUT2D eigenvalue weighted by molar-refractivity contribution is 5.76. The number of hydrogen-bond acceptors (Lipinski definition) is 3. The quantitative estimate of drug-likeness (QED) is 0.882. The lowest BCUT2D eigenvalue weighted by atomic mass is 10.0. The van der Waals surface area contributed by atoms with Crippen molar-refractivity contribution < 1.29 is 9.53 Å². The molecule has 2 aliphatic heterocycles. The van der Waals surface area contributed by atoms with Gasteiger partial charge >= 0.3 is 0 Å². The molecule has 1 amide bonds. The number of rotatable bonds is 4. The number of nitrogens with one attached hydrogen (secondary N) is 1. The van der Waals surface area contributed by atoms with Crippen LogP contribution in [0.1, 0.15) is 6.42 Å². The standard InChI is InChI=1S/C15H20N2O2/c18-15(6-7-19-14-4-2-1-3-5-14)17-10-12-8-16-9-13(12)11-17/h1-5,12-13,16H,6-11H2/t12-,13+. The number of ether oxygens (including phenoxy) is 1. The van der Waals surface area contributed by atoms with Crippen LogP contribution >= 0.6 is 0 Å². The highest BCUT2D eigenvalue weighted by Gasteiger charge is 2.37. The molecule has 2 saturated heterocycles. The molecule has 1 N–H and O–H groups in total. The molecule has 0 spiro atoms. The average Bonchev–Trinajstić information content (AvgIpc) is 3.00. The molecule has 3 rings (SSSR count). The molecule has 0 saturated carbocycles. The van der Waals surface area contributed by atoms with E-state index in [1.54, 1.807) is 0 Å². The van der Waals surface area contributed by atoms with Crippen LogP contribution in [0.15, 0.2) is 30.3 Å². The van der Waals surface area contributed by atoms with Crippen molar-refractivity contribution in [3.05, 3.63) is 30.3 Å². The van der Waals surface area contributed by atoms with Crippen LogP contribution in [-0.2, 0) is 4.79 Å². The van der Waals surface area contributed by atoms with Gasteiger partial charge in [-0.3, -0.25) is 4.79 Å². The van der Waals surface area contributed by atoms with Crippen LogP contribution in [0.4, 0.5) is 0 Å². The third-order valence-electron chi connectivity index (χ3n) is 4.07. The van der Waals surface area contributed by atoms with Crippen LogP contribution in [0.3, 0.4) is 0 Å². The van der Waals surface area contributed by atoms with E-state index in [2.05, 4.69) is 5.32 Å². The summed E-state index contributed by atoms with van der Waals surface area (Å²) >= 11 is 0. The Bertz CT molecular complexity index is 423. The predicted molar refractivity (Wildman–Crippen MR) is 73.0 cm³/mol. The number of amides is 1. The normalized spacial score (nSPS) is 25.4. The van der Waals surface area contributed by atoms with Gasteiger partial charge in [-0.15, -0.1) is 0 Å². The summed E-state index contributed by atoms with van der Waals surface area (Å²) in [7, 11) is 0. The first-order valence-corrected chi connectivity index (χ1v) is 6.99. The van der Waals surface area contributed by atoms with Gasteiger partial charge in [0.15, 0.2) is 0 Å². The van der Waals surface area contributed by atoms with Crippen molar-refractivity contribution in [2.75, 3.05) is 32.8 Å². The molecule has 2 aliphatic rings. The van der Waals surface area contributed by atoms with Crippen molar-refractivity contribution in [2.24, 2.45) is 11.8 Å². The Balaban J connectivity index is 1.42. The summed E-state index contributed by atoms with van der Waals surface area (Å²) in [6.45, 7) is 4.43. The number of likely N-dealkylation sites (tertiary alicyclic amines) is 1. The van der Waals surface area contributed by atoms with E-state index in [-0.39, 0.29) is 5.91 Å². The fourth-order valence-electron chi connectivity index (χ4n) is 2.99. The number of benzene rings is 1. The van der Waals surface area contributed by atoms with Crippen molar-refractivity contribution in [2.45, 2.75) is 6.42 Å². The molecule has 0 radical (unpaired) electrons. The lowest BCUT2D eigenvalue weighted by Crippen LogP contribution is -2.32. The van der Waals surface area contributed by atoms with Gasteiger partial charge in [0, 0.05) is 26.2 Å². The van der Waals surface area contributed by atoms with Crippen LogP contribution in [0.5, 0.6) is 5.75 Å². The number of fused-ring (bicyclic) bond motifs is 1. The van der Waals surface area contributed by atoms with E-state index < -0.39 is 0 Å². The lowest BCUT2D eigenvalue weighted by Gasteiger charge is -2.17. The van der Waals surface area contributed by atoms with Gasteiger partial charge in [0.05, 0.1) is 13.0 Å². The van der Waals surface area contributed by atoms with Crippen LogP contribution in [0, 0.1) is 11.8 Å². The summed E-state index contributed by atoms with van der Waals surface area (Å²) in [4.78, 5) is 14.1. The molecular formula is C15H20N2O2. The molecule has 2 fully saturated rings. The molecular weight excluding hydrogens is 240 g/mol. The molecule has 1 aromatic rings. The summed E-state index contributed by atoms with van der Waals surface area (Å²) in [5.41, 5.74) is 0. The molecule has 0 unspecified atom stereocenters. The van der Waals surface area contributed by atoms with Crippen LogP contribution in [-0.4, -0.2) is 43.6 Å². The minimum absolute atomic E-state index is 0.227. The molecule has 1 aromatic carbocycles. The maximum atomic E-state index is 12.1. The van der Waals surface area contributed by atoms with Gasteiger partial charge in [0.1, 0.15) is 5.75 Å². The molecule has 0 bridgehead atoms. The van der Waals surface area contributed by atoms with Crippen molar-refractivity contribution in [3.63, 3.8) is 0 Å². The van der Waals surface area contributed by atoms with E-state index in [1.807, 2.05) is 35.2 Å². The number of hydrogen-bond donors (Lipinski definition) is 1. The number of nitrogens with zero attached hydrogens (tertiary/aromatic N) is 1. The summed E-state index contributed by atoms with van der Waals surface area (Å²) in [6, 6.07) is 9.65. The highest BCUT2D eigenvalue weighted by Crippen LogP contribution is 2.26. The number of carbonyl (C=O) groups is 1. The molecule has 4 heteroatoms. The number of para-hydroxylation sites is 1. The first-order valence-electron chi connectivity index (χ1n) is 6.99. The Morgan fingerprint density at radius 1 is 1.21 bits per heavy atom. The van der Waals surface area contributed by atoms with Gasteiger partial charge < -0.3 is 15.0 Å². The molecule has 2 heterocycles. The second kappa shape index (κ2) is 5.61. The molecule has 4 nitrogen and oxygen atoms in total. The zero-order chi connectivity index (χ0) is 13.1. The van der Waals surface area contributed by atoms with Gasteiger partial charge in [-0.25, -0.2) is 0 Å². The van der Waals surface area contributed by atoms with E-state index in [1.165, 1.54) is 0 Å². The lowest BCUT2D eigenvalue weighted by molar-refractivity contribution is -0.130. The third kappa shape index (κ3) is 2.89. The third-order valence-corrected chi connectivity index (χ3v) is 4.07. The fourth-order valence-corrected chi connectivity index (χ4v) is 2.99. The van der Waals surface area contributed by atoms with E-state index >= 15 is 0 Å². The van der Waals surface area contributed by atoms with Gasteiger partial charge in [0.2, 0.25) is 5.91 Å². The second-order valence-corrected chi connectivity index (χ2v) is 5.39. The van der Waals surface area contributed by atoms with Crippen molar-refractivity contribution >= 4 is 5.91 Å². The van der Waals surface area contributed by atoms with E-state index in [9.17, 15) is 4.79 Å². The van der Waals surface area contributed by atoms with Crippen LogP contribution in [0.25, 0.3) is 0 Å². The summed E-state index contributed by atoms with van der Waals surface area (Å²) in [5.74, 6) is 2.39. The van der Waals surface area contributed by atoms with Crippen molar-refractivity contribution in [1.82, 2.24) is 10.2 Å². The minimum Gasteiger partial charge on any atom is -0.493 e. The Morgan fingerprint density at radius 2 is 1.89 bits per heavy atom. The zero-order valence-electron chi connectivity index (χ0n) is 11.0. The van der Waals surface area contributed by atoms with Gasteiger partial charge in [-0.05, 0) is 24.0 Å². The highest BCUT2D eigenvalue weighted by atomic mass is 16.5. The minimum atomic E-state index is 0.227. The van der Waals surface area contributed by atoms with E-state index in [0.29, 0.717) is 24.9 Å².